The molecule has 23 heavy (non-hydrogen) atoms. The van der Waals surface area contributed by atoms with E-state index in [0.29, 0.717) is 10.6 Å². The fourth-order valence-corrected chi connectivity index (χ4v) is 3.72. The summed E-state index contributed by atoms with van der Waals surface area (Å²) < 4.78 is 3.23. The van der Waals surface area contributed by atoms with Crippen LogP contribution in [0.15, 0.2) is 41.8 Å². The molecular weight excluding hydrogens is 443 g/mol. The zero-order valence-corrected chi connectivity index (χ0v) is 15.9. The van der Waals surface area contributed by atoms with Crippen LogP contribution in [0.1, 0.15) is 13.0 Å². The first kappa shape index (κ1) is 16.3. The second-order valence-corrected chi connectivity index (χ2v) is 7.46. The molecule has 2 aromatic heterocycles. The summed E-state index contributed by atoms with van der Waals surface area (Å²) in [7, 11) is 0. The fourth-order valence-electron chi connectivity index (χ4n) is 2.17. The highest BCUT2D eigenvalue weighted by Gasteiger charge is 2.21. The zero-order valence-electron chi connectivity index (χ0n) is 12.1. The van der Waals surface area contributed by atoms with Crippen molar-refractivity contribution < 1.29 is 4.79 Å². The third-order valence-electron chi connectivity index (χ3n) is 3.30. The number of H-pyrrole nitrogens is 1. The van der Waals surface area contributed by atoms with E-state index < -0.39 is 6.04 Å². The number of carbonyl (C=O) groups excluding carboxylic acids is 1. The van der Waals surface area contributed by atoms with Crippen LogP contribution in [0.5, 0.6) is 0 Å². The predicted molar refractivity (Wildman–Crippen MR) is 103 cm³/mol. The lowest BCUT2D eigenvalue weighted by molar-refractivity contribution is -0.118. The number of nitrogens with one attached hydrogen (secondary N) is 2. The number of nitrogens with zero attached hydrogens (tertiary/aromatic N) is 2. The van der Waals surface area contributed by atoms with Crippen LogP contribution < -0.4 is 5.32 Å². The Morgan fingerprint density at radius 3 is 2.96 bits per heavy atom. The molecule has 0 aliphatic carbocycles. The van der Waals surface area contributed by atoms with Gasteiger partial charge in [0.1, 0.15) is 6.04 Å². The number of rotatable bonds is 4. The number of aromatic amines is 1. The summed E-state index contributed by atoms with van der Waals surface area (Å²) in [5.41, 5.74) is 0.765. The molecule has 0 saturated heterocycles. The van der Waals surface area contributed by atoms with Crippen LogP contribution in [-0.4, -0.2) is 20.7 Å². The molecule has 1 amide bonds. The minimum Gasteiger partial charge on any atom is -0.324 e. The van der Waals surface area contributed by atoms with Crippen molar-refractivity contribution in [2.75, 3.05) is 5.32 Å². The number of carbonyl (C=O) groups is 1. The van der Waals surface area contributed by atoms with E-state index in [4.69, 9.17) is 12.2 Å². The van der Waals surface area contributed by atoms with Crippen LogP contribution in [0.25, 0.3) is 10.7 Å². The Labute approximate surface area is 155 Å². The Bertz CT molecular complexity index is 885. The summed E-state index contributed by atoms with van der Waals surface area (Å²) in [6.07, 6.45) is 0. The lowest BCUT2D eigenvalue weighted by atomic mass is 10.2. The van der Waals surface area contributed by atoms with Gasteiger partial charge in [-0.2, -0.15) is 5.10 Å². The Hall–Kier alpha value is -1.52. The van der Waals surface area contributed by atoms with E-state index in [1.54, 1.807) is 15.9 Å². The van der Waals surface area contributed by atoms with E-state index >= 15 is 0 Å². The van der Waals surface area contributed by atoms with E-state index in [0.717, 1.165) is 14.1 Å². The predicted octanol–water partition coefficient (Wildman–Crippen LogP) is 4.47. The standard InChI is InChI=1S/C15H13IN4OS2/c1-9(14(21)17-11-5-2-4-10(16)8-11)20-13(18-19-15(20)22)12-6-3-7-23-12/h2-9H,1H3,(H,17,21)(H,19,22). The number of amides is 1. The van der Waals surface area contributed by atoms with Crippen molar-refractivity contribution >= 4 is 57.7 Å². The first-order valence-electron chi connectivity index (χ1n) is 6.83. The molecule has 118 valence electrons. The van der Waals surface area contributed by atoms with Gasteiger partial charge in [-0.05, 0) is 71.4 Å². The minimum absolute atomic E-state index is 0.137. The third-order valence-corrected chi connectivity index (χ3v) is 5.13. The Kier molecular flexibility index (Phi) is 4.93. The molecule has 8 heteroatoms. The Morgan fingerprint density at radius 1 is 1.43 bits per heavy atom. The topological polar surface area (TPSA) is 62.7 Å². The normalized spacial score (nSPS) is 12.1. The quantitative estimate of drug-likeness (QED) is 0.450. The van der Waals surface area contributed by atoms with Crippen molar-refractivity contribution in [3.63, 3.8) is 0 Å². The minimum atomic E-state index is -0.476. The van der Waals surface area contributed by atoms with Crippen molar-refractivity contribution in [3.05, 3.63) is 50.1 Å². The van der Waals surface area contributed by atoms with E-state index in [1.165, 1.54) is 0 Å². The SMILES string of the molecule is CC(C(=O)Nc1cccc(I)c1)n1c(-c2cccs2)n[nH]c1=S. The molecule has 1 unspecified atom stereocenters. The maximum Gasteiger partial charge on any atom is 0.247 e. The number of hydrogen-bond donors (Lipinski definition) is 2. The fraction of sp³-hybridized carbons (Fsp3) is 0.133. The molecular formula is C15H13IN4OS2. The summed E-state index contributed by atoms with van der Waals surface area (Å²) >= 11 is 9.06. The summed E-state index contributed by atoms with van der Waals surface area (Å²) in [6, 6.07) is 11.1. The molecule has 1 atom stereocenters. The van der Waals surface area contributed by atoms with Gasteiger partial charge >= 0.3 is 0 Å². The lowest BCUT2D eigenvalue weighted by Crippen LogP contribution is -2.24. The largest absolute Gasteiger partial charge is 0.324 e. The second kappa shape index (κ2) is 6.93. The van der Waals surface area contributed by atoms with Gasteiger partial charge in [0.05, 0.1) is 4.88 Å². The van der Waals surface area contributed by atoms with Crippen LogP contribution in [0.2, 0.25) is 0 Å². The monoisotopic (exact) mass is 456 g/mol. The van der Waals surface area contributed by atoms with Gasteiger partial charge in [-0.15, -0.1) is 11.3 Å². The molecule has 0 aliphatic heterocycles. The second-order valence-electron chi connectivity index (χ2n) is 4.88. The molecule has 0 fully saturated rings. The maximum absolute atomic E-state index is 12.6. The van der Waals surface area contributed by atoms with Crippen LogP contribution >= 0.6 is 46.1 Å². The molecule has 1 aromatic carbocycles. The summed E-state index contributed by atoms with van der Waals surface area (Å²) in [6.45, 7) is 1.81. The molecule has 2 heterocycles. The van der Waals surface area contributed by atoms with Gasteiger partial charge < -0.3 is 5.32 Å². The average Bonchev–Trinajstić information content (AvgIpc) is 3.15. The summed E-state index contributed by atoms with van der Waals surface area (Å²) in [5, 5.41) is 11.9. The van der Waals surface area contributed by atoms with Gasteiger partial charge in [0.15, 0.2) is 10.6 Å². The highest BCUT2D eigenvalue weighted by Crippen LogP contribution is 2.26. The van der Waals surface area contributed by atoms with Crippen LogP contribution in [0, 0.1) is 8.34 Å². The molecule has 0 saturated carbocycles. The van der Waals surface area contributed by atoms with Crippen molar-refractivity contribution in [2.24, 2.45) is 0 Å². The number of hydrogen-bond acceptors (Lipinski definition) is 4. The van der Waals surface area contributed by atoms with Crippen molar-refractivity contribution in [1.82, 2.24) is 14.8 Å². The van der Waals surface area contributed by atoms with Gasteiger partial charge in [0.25, 0.3) is 0 Å². The maximum atomic E-state index is 12.6. The van der Waals surface area contributed by atoms with E-state index in [2.05, 4.69) is 38.1 Å². The van der Waals surface area contributed by atoms with Gasteiger partial charge in [0, 0.05) is 9.26 Å². The van der Waals surface area contributed by atoms with Crippen LogP contribution in [-0.2, 0) is 4.79 Å². The number of benzene rings is 1. The number of anilines is 1. The van der Waals surface area contributed by atoms with Gasteiger partial charge in [0.2, 0.25) is 5.91 Å². The van der Waals surface area contributed by atoms with Crippen molar-refractivity contribution in [2.45, 2.75) is 13.0 Å². The van der Waals surface area contributed by atoms with Crippen molar-refractivity contribution in [1.29, 1.82) is 0 Å². The number of thiophene rings is 1. The Morgan fingerprint density at radius 2 is 2.26 bits per heavy atom. The van der Waals surface area contributed by atoms with Crippen LogP contribution in [0.4, 0.5) is 5.69 Å². The van der Waals surface area contributed by atoms with E-state index in [1.807, 2.05) is 48.7 Å². The number of aromatic nitrogens is 3. The van der Waals surface area contributed by atoms with Gasteiger partial charge in [-0.25, -0.2) is 0 Å². The molecule has 3 aromatic rings. The number of halogens is 1. The third kappa shape index (κ3) is 3.54. The summed E-state index contributed by atoms with van der Waals surface area (Å²) in [5.74, 6) is 0.539. The zero-order chi connectivity index (χ0) is 16.4. The highest BCUT2D eigenvalue weighted by molar-refractivity contribution is 14.1. The molecule has 0 bridgehead atoms. The summed E-state index contributed by atoms with van der Waals surface area (Å²) in [4.78, 5) is 13.5. The van der Waals surface area contributed by atoms with E-state index in [9.17, 15) is 4.79 Å². The molecule has 2 N–H and O–H groups in total. The average molecular weight is 456 g/mol. The first-order chi connectivity index (χ1) is 11.1. The molecule has 0 aliphatic rings. The molecule has 0 spiro atoms. The lowest BCUT2D eigenvalue weighted by Gasteiger charge is -2.15. The van der Waals surface area contributed by atoms with Gasteiger partial charge in [-0.1, -0.05) is 12.1 Å². The van der Waals surface area contributed by atoms with Gasteiger partial charge in [-0.3, -0.25) is 14.5 Å². The van der Waals surface area contributed by atoms with E-state index in [-0.39, 0.29) is 5.91 Å². The highest BCUT2D eigenvalue weighted by atomic mass is 127. The van der Waals surface area contributed by atoms with Crippen molar-refractivity contribution in [3.8, 4) is 10.7 Å². The molecule has 0 radical (unpaired) electrons. The molecule has 5 nitrogen and oxygen atoms in total. The smallest absolute Gasteiger partial charge is 0.247 e. The van der Waals surface area contributed by atoms with Crippen LogP contribution in [0.3, 0.4) is 0 Å². The molecule has 3 rings (SSSR count). The first-order valence-corrected chi connectivity index (χ1v) is 9.20. The Balaban J connectivity index is 1.89.